The zero-order valence-electron chi connectivity index (χ0n) is 13.3. The first-order valence-electron chi connectivity index (χ1n) is 7.53. The summed E-state index contributed by atoms with van der Waals surface area (Å²) in [6.07, 6.45) is -5.21. The lowest BCUT2D eigenvalue weighted by molar-refractivity contribution is -0.208. The van der Waals surface area contributed by atoms with Crippen LogP contribution in [0.4, 0.5) is 13.2 Å². The van der Waals surface area contributed by atoms with Gasteiger partial charge >= 0.3 is 6.18 Å². The molecule has 1 fully saturated rings. The van der Waals surface area contributed by atoms with Crippen LogP contribution in [0.15, 0.2) is 18.2 Å². The molecule has 2 rings (SSSR count). The van der Waals surface area contributed by atoms with E-state index in [1.807, 2.05) is 12.1 Å². The number of aliphatic hydroxyl groups excluding tert-OH is 1. The molecule has 4 nitrogen and oxygen atoms in total. The van der Waals surface area contributed by atoms with E-state index in [9.17, 15) is 18.3 Å². The highest BCUT2D eigenvalue weighted by Crippen LogP contribution is 2.33. The molecule has 7 heteroatoms. The van der Waals surface area contributed by atoms with E-state index >= 15 is 0 Å². The Hall–Kier alpha value is -1.47. The molecule has 0 radical (unpaired) electrons. The van der Waals surface area contributed by atoms with E-state index < -0.39 is 12.3 Å². The van der Waals surface area contributed by atoms with Crippen molar-refractivity contribution < 1.29 is 27.8 Å². The fourth-order valence-electron chi connectivity index (χ4n) is 2.91. The van der Waals surface area contributed by atoms with Gasteiger partial charge in [-0.25, -0.2) is 0 Å². The molecule has 1 heterocycles. The molecule has 23 heavy (non-hydrogen) atoms. The predicted molar refractivity (Wildman–Crippen MR) is 80.0 cm³/mol. The van der Waals surface area contributed by atoms with Crippen LogP contribution in [0.3, 0.4) is 0 Å². The lowest BCUT2D eigenvalue weighted by Gasteiger charge is -2.34. The van der Waals surface area contributed by atoms with Crippen LogP contribution in [0, 0.1) is 0 Å². The third-order valence-electron chi connectivity index (χ3n) is 4.16. The topological polar surface area (TPSA) is 41.9 Å². The van der Waals surface area contributed by atoms with Crippen molar-refractivity contribution in [3.63, 3.8) is 0 Å². The number of methoxy groups -OCH3 is 2. The Bertz CT molecular complexity index is 500. The molecule has 0 amide bonds. The fraction of sp³-hybridized carbons (Fsp3) is 0.625. The number of alkyl halides is 3. The summed E-state index contributed by atoms with van der Waals surface area (Å²) in [5, 5.41) is 9.25. The van der Waals surface area contributed by atoms with Gasteiger partial charge in [0.25, 0.3) is 0 Å². The minimum absolute atomic E-state index is 0.0909. The second kappa shape index (κ2) is 7.40. The SMILES string of the molecule is COc1cc(OC)cc(C2CCCN(C[C@H](O)C(F)(F)F)C2)c1. The average Bonchev–Trinajstić information content (AvgIpc) is 2.53. The lowest BCUT2D eigenvalue weighted by Crippen LogP contribution is -2.44. The summed E-state index contributed by atoms with van der Waals surface area (Å²) >= 11 is 0. The van der Waals surface area contributed by atoms with Crippen molar-refractivity contribution in [1.82, 2.24) is 4.90 Å². The minimum Gasteiger partial charge on any atom is -0.497 e. The number of ether oxygens (including phenoxy) is 2. The number of benzene rings is 1. The van der Waals surface area contributed by atoms with Crippen LogP contribution in [-0.2, 0) is 0 Å². The molecule has 1 saturated heterocycles. The van der Waals surface area contributed by atoms with Crippen LogP contribution in [-0.4, -0.2) is 56.1 Å². The van der Waals surface area contributed by atoms with Crippen molar-refractivity contribution in [3.05, 3.63) is 23.8 Å². The van der Waals surface area contributed by atoms with Crippen molar-refractivity contribution in [2.24, 2.45) is 0 Å². The van der Waals surface area contributed by atoms with Gasteiger partial charge in [0, 0.05) is 19.2 Å². The van der Waals surface area contributed by atoms with E-state index in [2.05, 4.69) is 0 Å². The summed E-state index contributed by atoms with van der Waals surface area (Å²) in [4.78, 5) is 1.66. The monoisotopic (exact) mass is 333 g/mol. The first-order chi connectivity index (χ1) is 10.8. The molecule has 130 valence electrons. The zero-order valence-corrected chi connectivity index (χ0v) is 13.3. The van der Waals surface area contributed by atoms with Crippen molar-refractivity contribution in [2.45, 2.75) is 31.0 Å². The summed E-state index contributed by atoms with van der Waals surface area (Å²) in [6.45, 7) is 0.648. The number of likely N-dealkylation sites (tertiary alicyclic amines) is 1. The Balaban J connectivity index is 2.09. The van der Waals surface area contributed by atoms with E-state index in [-0.39, 0.29) is 12.5 Å². The van der Waals surface area contributed by atoms with Crippen LogP contribution < -0.4 is 9.47 Å². The smallest absolute Gasteiger partial charge is 0.415 e. The molecule has 1 N–H and O–H groups in total. The summed E-state index contributed by atoms with van der Waals surface area (Å²) in [7, 11) is 3.12. The normalized spacial score (nSPS) is 21.0. The summed E-state index contributed by atoms with van der Waals surface area (Å²) < 4.78 is 48.0. The van der Waals surface area contributed by atoms with Gasteiger partial charge in [-0.15, -0.1) is 0 Å². The number of hydrogen-bond donors (Lipinski definition) is 1. The van der Waals surface area contributed by atoms with Gasteiger partial charge in [0.05, 0.1) is 14.2 Å². The van der Waals surface area contributed by atoms with Crippen LogP contribution in [0.5, 0.6) is 11.5 Å². The molecule has 1 aliphatic rings. The van der Waals surface area contributed by atoms with Gasteiger partial charge in [0.1, 0.15) is 11.5 Å². The Morgan fingerprint density at radius 3 is 2.35 bits per heavy atom. The van der Waals surface area contributed by atoms with Crippen molar-refractivity contribution in [2.75, 3.05) is 33.9 Å². The van der Waals surface area contributed by atoms with E-state index in [1.165, 1.54) is 0 Å². The number of nitrogens with zero attached hydrogens (tertiary/aromatic N) is 1. The molecule has 1 aromatic rings. The van der Waals surface area contributed by atoms with E-state index in [4.69, 9.17) is 9.47 Å². The molecule has 0 aliphatic carbocycles. The van der Waals surface area contributed by atoms with Crippen LogP contribution >= 0.6 is 0 Å². The van der Waals surface area contributed by atoms with E-state index in [0.29, 0.717) is 24.6 Å². The van der Waals surface area contributed by atoms with Crippen molar-refractivity contribution in [3.8, 4) is 11.5 Å². The molecule has 1 aliphatic heterocycles. The number of rotatable bonds is 5. The van der Waals surface area contributed by atoms with Crippen molar-refractivity contribution >= 4 is 0 Å². The average molecular weight is 333 g/mol. The van der Waals surface area contributed by atoms with E-state index in [0.717, 1.165) is 18.4 Å². The van der Waals surface area contributed by atoms with Crippen LogP contribution in [0.25, 0.3) is 0 Å². The number of aliphatic hydroxyl groups is 1. The minimum atomic E-state index is -4.58. The van der Waals surface area contributed by atoms with Gasteiger partial charge in [0.15, 0.2) is 6.10 Å². The number of hydrogen-bond acceptors (Lipinski definition) is 4. The number of halogens is 3. The largest absolute Gasteiger partial charge is 0.497 e. The maximum atomic E-state index is 12.5. The first kappa shape index (κ1) is 17.9. The first-order valence-corrected chi connectivity index (χ1v) is 7.53. The second-order valence-electron chi connectivity index (χ2n) is 5.80. The highest BCUT2D eigenvalue weighted by molar-refractivity contribution is 5.40. The molecule has 0 bridgehead atoms. The summed E-state index contributed by atoms with van der Waals surface area (Å²) in [6, 6.07) is 5.53. The van der Waals surface area contributed by atoms with Gasteiger partial charge in [-0.1, -0.05) is 0 Å². The lowest BCUT2D eigenvalue weighted by atomic mass is 9.90. The molecule has 1 aromatic carbocycles. The zero-order chi connectivity index (χ0) is 17.0. The maximum absolute atomic E-state index is 12.5. The quantitative estimate of drug-likeness (QED) is 0.900. The summed E-state index contributed by atoms with van der Waals surface area (Å²) in [5.41, 5.74) is 0.979. The number of piperidine rings is 1. The van der Waals surface area contributed by atoms with Crippen molar-refractivity contribution in [1.29, 1.82) is 0 Å². The van der Waals surface area contributed by atoms with E-state index in [1.54, 1.807) is 25.2 Å². The molecular weight excluding hydrogens is 311 g/mol. The molecule has 0 saturated carbocycles. The van der Waals surface area contributed by atoms with Gasteiger partial charge in [-0.05, 0) is 43.0 Å². The van der Waals surface area contributed by atoms with Crippen LogP contribution in [0.2, 0.25) is 0 Å². The molecular formula is C16H22F3NO3. The predicted octanol–water partition coefficient (Wildman–Crippen LogP) is 2.81. The Morgan fingerprint density at radius 1 is 1.22 bits per heavy atom. The molecule has 0 aromatic heterocycles. The number of β-amino-alcohol motifs (C(OH)–C–C–N with tert-alkyl or cyclic N) is 1. The van der Waals surface area contributed by atoms with Gasteiger partial charge in [-0.2, -0.15) is 13.2 Å². The highest BCUT2D eigenvalue weighted by atomic mass is 19.4. The third kappa shape index (κ3) is 4.75. The van der Waals surface area contributed by atoms with Gasteiger partial charge in [-0.3, -0.25) is 4.90 Å². The van der Waals surface area contributed by atoms with Crippen LogP contribution in [0.1, 0.15) is 24.3 Å². The second-order valence-corrected chi connectivity index (χ2v) is 5.80. The third-order valence-corrected chi connectivity index (χ3v) is 4.16. The molecule has 1 unspecified atom stereocenters. The Kier molecular flexibility index (Phi) is 5.75. The highest BCUT2D eigenvalue weighted by Gasteiger charge is 2.39. The molecule has 2 atom stereocenters. The maximum Gasteiger partial charge on any atom is 0.415 e. The Labute approximate surface area is 133 Å². The Morgan fingerprint density at radius 2 is 1.83 bits per heavy atom. The molecule has 0 spiro atoms. The van der Waals surface area contributed by atoms with Gasteiger partial charge < -0.3 is 14.6 Å². The van der Waals surface area contributed by atoms with Gasteiger partial charge in [0.2, 0.25) is 0 Å². The fourth-order valence-corrected chi connectivity index (χ4v) is 2.91. The summed E-state index contributed by atoms with van der Waals surface area (Å²) in [5.74, 6) is 1.41. The standard InChI is InChI=1S/C16H22F3NO3/c1-22-13-6-12(7-14(8-13)23-2)11-4-3-5-20(9-11)10-15(21)16(17,18)19/h6-8,11,15,21H,3-5,9-10H2,1-2H3/t11?,15-/m0/s1.